The largest absolute Gasteiger partial charge is 0.342 e. The molecule has 1 aromatic carbocycles. The molecule has 150 valence electrons. The first-order chi connectivity index (χ1) is 13.6. The second kappa shape index (κ2) is 8.39. The lowest BCUT2D eigenvalue weighted by atomic mass is 9.93. The molecule has 0 bridgehead atoms. The molecule has 7 heteroatoms. The number of aromatic nitrogens is 2. The van der Waals surface area contributed by atoms with Gasteiger partial charge in [0.2, 0.25) is 17.6 Å². The number of carbonyl (C=O) groups excluding carboxylic acids is 1. The predicted octanol–water partition coefficient (Wildman–Crippen LogP) is 3.35. The van der Waals surface area contributed by atoms with Crippen LogP contribution in [0, 0.1) is 17.7 Å². The van der Waals surface area contributed by atoms with Gasteiger partial charge in [-0.3, -0.25) is 9.69 Å². The maximum atomic E-state index is 13.1. The molecule has 0 spiro atoms. The van der Waals surface area contributed by atoms with E-state index in [1.54, 1.807) is 12.1 Å². The minimum atomic E-state index is -0.292. The average Bonchev–Trinajstić information content (AvgIpc) is 3.16. The second-order valence-electron chi connectivity index (χ2n) is 8.12. The first kappa shape index (κ1) is 19.1. The Morgan fingerprint density at radius 2 is 1.96 bits per heavy atom. The number of hydrogen-bond donors (Lipinski definition) is 0. The van der Waals surface area contributed by atoms with E-state index in [1.165, 1.54) is 18.6 Å². The van der Waals surface area contributed by atoms with Gasteiger partial charge in [0, 0.05) is 25.2 Å². The Balaban J connectivity index is 1.36. The van der Waals surface area contributed by atoms with Crippen molar-refractivity contribution in [1.29, 1.82) is 0 Å². The molecular weight excluding hydrogens is 359 g/mol. The Morgan fingerprint density at radius 1 is 1.18 bits per heavy atom. The molecule has 2 saturated heterocycles. The van der Waals surface area contributed by atoms with Crippen LogP contribution in [0.4, 0.5) is 4.39 Å². The summed E-state index contributed by atoms with van der Waals surface area (Å²) in [6, 6.07) is 6.04. The van der Waals surface area contributed by atoms with Crippen LogP contribution in [-0.4, -0.2) is 52.0 Å². The number of piperidine rings is 2. The van der Waals surface area contributed by atoms with Crippen LogP contribution in [0.15, 0.2) is 28.8 Å². The van der Waals surface area contributed by atoms with E-state index in [1.807, 2.05) is 0 Å². The molecule has 2 aliphatic heterocycles. The van der Waals surface area contributed by atoms with Crippen molar-refractivity contribution in [3.05, 3.63) is 36.0 Å². The highest BCUT2D eigenvalue weighted by Crippen LogP contribution is 2.24. The Labute approximate surface area is 164 Å². The van der Waals surface area contributed by atoms with Gasteiger partial charge in [0.15, 0.2) is 0 Å². The molecule has 4 rings (SSSR count). The van der Waals surface area contributed by atoms with E-state index in [4.69, 9.17) is 4.52 Å². The van der Waals surface area contributed by atoms with Gasteiger partial charge in [0.1, 0.15) is 5.82 Å². The van der Waals surface area contributed by atoms with Gasteiger partial charge in [-0.15, -0.1) is 0 Å². The minimum absolute atomic E-state index is 0.0542. The van der Waals surface area contributed by atoms with Crippen molar-refractivity contribution in [3.8, 4) is 11.4 Å². The fraction of sp³-hybridized carbons (Fsp3) is 0.571. The van der Waals surface area contributed by atoms with Crippen LogP contribution in [0.2, 0.25) is 0 Å². The summed E-state index contributed by atoms with van der Waals surface area (Å²) in [6.45, 7) is 6.20. The molecule has 2 aliphatic rings. The van der Waals surface area contributed by atoms with Crippen LogP contribution < -0.4 is 0 Å². The number of halogens is 1. The summed E-state index contributed by atoms with van der Waals surface area (Å²) in [6.07, 6.45) is 4.27. The third kappa shape index (κ3) is 4.41. The van der Waals surface area contributed by atoms with Gasteiger partial charge in [-0.25, -0.2) is 4.39 Å². The molecule has 0 aliphatic carbocycles. The number of likely N-dealkylation sites (tertiary alicyclic amines) is 2. The van der Waals surface area contributed by atoms with Crippen molar-refractivity contribution in [2.24, 2.45) is 11.8 Å². The number of carbonyl (C=O) groups is 1. The van der Waals surface area contributed by atoms with E-state index in [2.05, 4.69) is 26.9 Å². The number of amides is 1. The van der Waals surface area contributed by atoms with Gasteiger partial charge >= 0.3 is 0 Å². The SMILES string of the molecule is CC1CCCN(C(=O)C2CCCN(Cc3nc(-c4ccc(F)cc4)no3)C2)C1. The monoisotopic (exact) mass is 386 g/mol. The van der Waals surface area contributed by atoms with Crippen LogP contribution in [0.1, 0.15) is 38.5 Å². The topological polar surface area (TPSA) is 62.5 Å². The summed E-state index contributed by atoms with van der Waals surface area (Å²) in [5, 5.41) is 4.01. The third-order valence-electron chi connectivity index (χ3n) is 5.75. The Hall–Kier alpha value is -2.28. The average molecular weight is 386 g/mol. The first-order valence-corrected chi connectivity index (χ1v) is 10.2. The summed E-state index contributed by atoms with van der Waals surface area (Å²) in [4.78, 5) is 21.6. The molecule has 6 nitrogen and oxygen atoms in total. The van der Waals surface area contributed by atoms with Crippen molar-refractivity contribution < 1.29 is 13.7 Å². The zero-order valence-corrected chi connectivity index (χ0v) is 16.3. The summed E-state index contributed by atoms with van der Waals surface area (Å²) >= 11 is 0. The molecule has 2 atom stereocenters. The zero-order valence-electron chi connectivity index (χ0n) is 16.3. The lowest BCUT2D eigenvalue weighted by Gasteiger charge is -2.37. The highest BCUT2D eigenvalue weighted by atomic mass is 19.1. The van der Waals surface area contributed by atoms with E-state index >= 15 is 0 Å². The van der Waals surface area contributed by atoms with Crippen molar-refractivity contribution >= 4 is 5.91 Å². The van der Waals surface area contributed by atoms with E-state index in [0.717, 1.165) is 51.0 Å². The molecule has 2 fully saturated rings. The van der Waals surface area contributed by atoms with Crippen LogP contribution in [0.3, 0.4) is 0 Å². The van der Waals surface area contributed by atoms with Crippen LogP contribution in [-0.2, 0) is 11.3 Å². The van der Waals surface area contributed by atoms with Gasteiger partial charge in [-0.2, -0.15) is 4.98 Å². The van der Waals surface area contributed by atoms with Crippen LogP contribution in [0.5, 0.6) is 0 Å². The molecule has 28 heavy (non-hydrogen) atoms. The Kier molecular flexibility index (Phi) is 5.71. The Bertz CT molecular complexity index is 807. The molecular formula is C21H27FN4O2. The van der Waals surface area contributed by atoms with Crippen molar-refractivity contribution in [1.82, 2.24) is 19.9 Å². The molecule has 2 unspecified atom stereocenters. The second-order valence-corrected chi connectivity index (χ2v) is 8.12. The highest BCUT2D eigenvalue weighted by Gasteiger charge is 2.31. The molecule has 2 aromatic rings. The third-order valence-corrected chi connectivity index (χ3v) is 5.75. The van der Waals surface area contributed by atoms with E-state index in [9.17, 15) is 9.18 Å². The number of hydrogen-bond acceptors (Lipinski definition) is 5. The van der Waals surface area contributed by atoms with Crippen LogP contribution in [0.25, 0.3) is 11.4 Å². The molecule has 3 heterocycles. The zero-order chi connectivity index (χ0) is 19.5. The van der Waals surface area contributed by atoms with Crippen molar-refractivity contribution in [2.45, 2.75) is 39.2 Å². The van der Waals surface area contributed by atoms with E-state index in [0.29, 0.717) is 30.1 Å². The van der Waals surface area contributed by atoms with Crippen molar-refractivity contribution in [3.63, 3.8) is 0 Å². The summed E-state index contributed by atoms with van der Waals surface area (Å²) in [5.41, 5.74) is 0.724. The molecule has 0 radical (unpaired) electrons. The minimum Gasteiger partial charge on any atom is -0.342 e. The number of rotatable bonds is 4. The van der Waals surface area contributed by atoms with Gasteiger partial charge in [-0.05, 0) is 62.4 Å². The smallest absolute Gasteiger partial charge is 0.241 e. The number of nitrogens with zero attached hydrogens (tertiary/aromatic N) is 4. The standard InChI is InChI=1S/C21H27FN4O2/c1-15-4-2-11-26(12-15)21(27)17-5-3-10-25(13-17)14-19-23-20(24-28-19)16-6-8-18(22)9-7-16/h6-9,15,17H,2-5,10-14H2,1H3. The highest BCUT2D eigenvalue weighted by molar-refractivity contribution is 5.79. The summed E-state index contributed by atoms with van der Waals surface area (Å²) in [5.74, 6) is 1.65. The molecule has 0 saturated carbocycles. The van der Waals surface area contributed by atoms with Gasteiger partial charge in [-0.1, -0.05) is 12.1 Å². The first-order valence-electron chi connectivity index (χ1n) is 10.2. The summed E-state index contributed by atoms with van der Waals surface area (Å²) < 4.78 is 18.5. The molecule has 1 aromatic heterocycles. The quantitative estimate of drug-likeness (QED) is 0.806. The lowest BCUT2D eigenvalue weighted by Crippen LogP contribution is -2.47. The summed E-state index contributed by atoms with van der Waals surface area (Å²) in [7, 11) is 0. The Morgan fingerprint density at radius 3 is 2.75 bits per heavy atom. The normalized spacial score (nSPS) is 23.7. The van der Waals surface area contributed by atoms with Gasteiger partial charge in [0.05, 0.1) is 12.5 Å². The fourth-order valence-corrected chi connectivity index (χ4v) is 4.28. The van der Waals surface area contributed by atoms with Crippen LogP contribution >= 0.6 is 0 Å². The maximum absolute atomic E-state index is 13.1. The van der Waals surface area contributed by atoms with E-state index in [-0.39, 0.29) is 11.7 Å². The fourth-order valence-electron chi connectivity index (χ4n) is 4.28. The van der Waals surface area contributed by atoms with Crippen molar-refractivity contribution in [2.75, 3.05) is 26.2 Å². The molecule has 0 N–H and O–H groups in total. The van der Waals surface area contributed by atoms with Gasteiger partial charge in [0.25, 0.3) is 0 Å². The maximum Gasteiger partial charge on any atom is 0.241 e. The van der Waals surface area contributed by atoms with E-state index < -0.39 is 0 Å². The number of benzene rings is 1. The lowest BCUT2D eigenvalue weighted by molar-refractivity contribution is -0.139. The predicted molar refractivity (Wildman–Crippen MR) is 103 cm³/mol. The molecule has 1 amide bonds. The van der Waals surface area contributed by atoms with Gasteiger partial charge < -0.3 is 9.42 Å².